The Morgan fingerprint density at radius 3 is 2.77 bits per heavy atom. The molecule has 0 bridgehead atoms. The topological polar surface area (TPSA) is 90.6 Å². The van der Waals surface area contributed by atoms with E-state index in [1.54, 1.807) is 30.3 Å². The first-order valence-electron chi connectivity index (χ1n) is 7.56. The summed E-state index contributed by atoms with van der Waals surface area (Å²) in [5.74, 6) is -0.273. The quantitative estimate of drug-likeness (QED) is 0.519. The molecule has 1 aromatic rings. The maximum atomic E-state index is 12.7. The zero-order chi connectivity index (χ0) is 19.1. The number of hydrogen-bond acceptors (Lipinski definition) is 7. The van der Waals surface area contributed by atoms with Gasteiger partial charge >= 0.3 is 5.97 Å². The molecule has 2 rings (SSSR count). The monoisotopic (exact) mass is 408 g/mol. The standard InChI is InChI=1S/C17H16N2O4S3/c1-25-9-6-13(16(21)22)19-15(20)14(26-17(19)24)10-11-2-4-12(5-3-11)23-8-7-18/h2-5,10,13H,6,8-9H2,1H3,(H,21,22)/b14-10+/t13-/m1/s1. The number of amides is 1. The van der Waals surface area contributed by atoms with Crippen LogP contribution < -0.4 is 4.74 Å². The Hall–Kier alpha value is -2.02. The molecule has 0 radical (unpaired) electrons. The maximum Gasteiger partial charge on any atom is 0.326 e. The minimum Gasteiger partial charge on any atom is -0.480 e. The second-order valence-electron chi connectivity index (χ2n) is 5.20. The van der Waals surface area contributed by atoms with Crippen molar-refractivity contribution in [2.45, 2.75) is 12.5 Å². The summed E-state index contributed by atoms with van der Waals surface area (Å²) in [6.07, 6.45) is 3.88. The predicted octanol–water partition coefficient (Wildman–Crippen LogP) is 3.00. The largest absolute Gasteiger partial charge is 0.480 e. The van der Waals surface area contributed by atoms with E-state index in [2.05, 4.69) is 0 Å². The van der Waals surface area contributed by atoms with Crippen LogP contribution in [0.15, 0.2) is 29.2 Å². The predicted molar refractivity (Wildman–Crippen MR) is 107 cm³/mol. The van der Waals surface area contributed by atoms with Crippen LogP contribution in [-0.4, -0.2) is 50.9 Å². The van der Waals surface area contributed by atoms with Gasteiger partial charge in [0.15, 0.2) is 6.61 Å². The summed E-state index contributed by atoms with van der Waals surface area (Å²) in [4.78, 5) is 25.8. The first-order valence-corrected chi connectivity index (χ1v) is 10.2. The maximum absolute atomic E-state index is 12.7. The third kappa shape index (κ3) is 5.00. The van der Waals surface area contributed by atoms with Crippen molar-refractivity contribution in [1.29, 1.82) is 5.26 Å². The number of rotatable bonds is 8. The Kier molecular flexibility index (Phi) is 7.50. The number of aliphatic carboxylic acids is 1. The molecule has 0 aliphatic carbocycles. The van der Waals surface area contributed by atoms with E-state index in [1.807, 2.05) is 12.3 Å². The first kappa shape index (κ1) is 20.3. The van der Waals surface area contributed by atoms with Gasteiger partial charge in [-0.1, -0.05) is 36.1 Å². The van der Waals surface area contributed by atoms with Crippen molar-refractivity contribution < 1.29 is 19.4 Å². The van der Waals surface area contributed by atoms with Gasteiger partial charge in [-0.25, -0.2) is 4.79 Å². The highest BCUT2D eigenvalue weighted by atomic mass is 32.2. The lowest BCUT2D eigenvalue weighted by molar-refractivity contribution is -0.145. The molecule has 0 spiro atoms. The van der Waals surface area contributed by atoms with Gasteiger partial charge in [0.2, 0.25) is 0 Å². The fourth-order valence-corrected chi connectivity index (χ4v) is 4.08. The van der Waals surface area contributed by atoms with Crippen LogP contribution >= 0.6 is 35.7 Å². The van der Waals surface area contributed by atoms with Gasteiger partial charge in [-0.2, -0.15) is 17.0 Å². The molecule has 1 fully saturated rings. The lowest BCUT2D eigenvalue weighted by atomic mass is 10.1. The number of ether oxygens (including phenoxy) is 1. The van der Waals surface area contributed by atoms with Gasteiger partial charge in [-0.15, -0.1) is 0 Å². The average molecular weight is 409 g/mol. The summed E-state index contributed by atoms with van der Waals surface area (Å²) in [6, 6.07) is 7.83. The zero-order valence-electron chi connectivity index (χ0n) is 13.9. The number of carbonyl (C=O) groups is 2. The van der Waals surface area contributed by atoms with Gasteiger partial charge in [-0.05, 0) is 42.2 Å². The molecule has 1 amide bonds. The Balaban J connectivity index is 2.17. The first-order chi connectivity index (χ1) is 12.5. The number of carboxylic acid groups (broad SMARTS) is 1. The molecule has 0 aromatic heterocycles. The van der Waals surface area contributed by atoms with Crippen molar-refractivity contribution in [1.82, 2.24) is 4.90 Å². The number of thiocarbonyl (C=S) groups is 1. The summed E-state index contributed by atoms with van der Waals surface area (Å²) in [5.41, 5.74) is 0.755. The molecule has 1 atom stereocenters. The van der Waals surface area contributed by atoms with Gasteiger partial charge in [0.25, 0.3) is 5.91 Å². The van der Waals surface area contributed by atoms with Gasteiger partial charge in [0.05, 0.1) is 4.91 Å². The van der Waals surface area contributed by atoms with E-state index in [4.69, 9.17) is 22.2 Å². The van der Waals surface area contributed by atoms with Gasteiger partial charge in [-0.3, -0.25) is 9.69 Å². The Labute approximate surface area is 165 Å². The normalized spacial score (nSPS) is 16.6. The molecule has 26 heavy (non-hydrogen) atoms. The molecular weight excluding hydrogens is 392 g/mol. The summed E-state index contributed by atoms with van der Waals surface area (Å²) < 4.78 is 5.43. The van der Waals surface area contributed by atoms with Crippen LogP contribution in [0.3, 0.4) is 0 Å². The summed E-state index contributed by atoms with van der Waals surface area (Å²) >= 11 is 7.85. The van der Waals surface area contributed by atoms with E-state index in [0.717, 1.165) is 17.3 Å². The number of thioether (sulfide) groups is 2. The lowest BCUT2D eigenvalue weighted by Gasteiger charge is -2.22. The second kappa shape index (κ2) is 9.62. The highest BCUT2D eigenvalue weighted by molar-refractivity contribution is 8.26. The smallest absolute Gasteiger partial charge is 0.326 e. The zero-order valence-corrected chi connectivity index (χ0v) is 16.3. The molecule has 136 valence electrons. The third-order valence-corrected chi connectivity index (χ3v) is 5.47. The molecule has 0 unspecified atom stereocenters. The van der Waals surface area contributed by atoms with Crippen LogP contribution in [0.4, 0.5) is 0 Å². The number of benzene rings is 1. The molecule has 9 heteroatoms. The van der Waals surface area contributed by atoms with Crippen molar-refractivity contribution in [2.24, 2.45) is 0 Å². The number of carbonyl (C=O) groups excluding carboxylic acids is 1. The average Bonchev–Trinajstić information content (AvgIpc) is 2.89. The fourth-order valence-electron chi connectivity index (χ4n) is 2.27. The van der Waals surface area contributed by atoms with Crippen molar-refractivity contribution in [3.63, 3.8) is 0 Å². The highest BCUT2D eigenvalue weighted by Gasteiger charge is 2.40. The number of carboxylic acids is 1. The van der Waals surface area contributed by atoms with Crippen LogP contribution in [-0.2, 0) is 9.59 Å². The van der Waals surface area contributed by atoms with Gasteiger partial charge < -0.3 is 9.84 Å². The third-order valence-electron chi connectivity index (χ3n) is 3.50. The minimum absolute atomic E-state index is 0.0371. The Morgan fingerprint density at radius 1 is 1.50 bits per heavy atom. The van der Waals surface area contributed by atoms with E-state index >= 15 is 0 Å². The molecule has 6 nitrogen and oxygen atoms in total. The van der Waals surface area contributed by atoms with Crippen molar-refractivity contribution in [3.05, 3.63) is 34.7 Å². The van der Waals surface area contributed by atoms with Crippen LogP contribution in [0, 0.1) is 11.3 Å². The fraction of sp³-hybridized carbons (Fsp3) is 0.294. The molecule has 1 heterocycles. The summed E-state index contributed by atoms with van der Waals surface area (Å²) in [5, 5.41) is 17.9. The van der Waals surface area contributed by atoms with Crippen LogP contribution in [0.2, 0.25) is 0 Å². The van der Waals surface area contributed by atoms with Crippen molar-refractivity contribution >= 4 is 58.0 Å². The van der Waals surface area contributed by atoms with E-state index in [9.17, 15) is 14.7 Å². The molecular formula is C17H16N2O4S3. The molecule has 1 saturated heterocycles. The molecule has 1 aromatic carbocycles. The minimum atomic E-state index is -1.06. The van der Waals surface area contributed by atoms with E-state index in [0.29, 0.717) is 22.8 Å². The van der Waals surface area contributed by atoms with Crippen LogP contribution in [0.5, 0.6) is 5.75 Å². The second-order valence-corrected chi connectivity index (χ2v) is 7.86. The highest BCUT2D eigenvalue weighted by Crippen LogP contribution is 2.35. The van der Waals surface area contributed by atoms with E-state index in [1.165, 1.54) is 16.7 Å². The number of nitriles is 1. The van der Waals surface area contributed by atoms with E-state index in [-0.39, 0.29) is 10.9 Å². The molecule has 1 aliphatic heterocycles. The van der Waals surface area contributed by atoms with Gasteiger partial charge in [0, 0.05) is 0 Å². The Morgan fingerprint density at radius 2 is 2.19 bits per heavy atom. The SMILES string of the molecule is CSCC[C@H](C(=O)O)N1C(=O)/C(=C\c2ccc(OCC#N)cc2)SC1=S. The number of nitrogens with zero attached hydrogens (tertiary/aromatic N) is 2. The van der Waals surface area contributed by atoms with Crippen molar-refractivity contribution in [2.75, 3.05) is 18.6 Å². The van der Waals surface area contributed by atoms with Crippen molar-refractivity contribution in [3.8, 4) is 11.8 Å². The lowest BCUT2D eigenvalue weighted by Crippen LogP contribution is -2.44. The van der Waals surface area contributed by atoms with Gasteiger partial charge in [0.1, 0.15) is 22.2 Å². The van der Waals surface area contributed by atoms with E-state index < -0.39 is 17.9 Å². The molecule has 1 N–H and O–H groups in total. The summed E-state index contributed by atoms with van der Waals surface area (Å²) in [7, 11) is 0. The van der Waals surface area contributed by atoms with Crippen LogP contribution in [0.1, 0.15) is 12.0 Å². The molecule has 1 aliphatic rings. The summed E-state index contributed by atoms with van der Waals surface area (Å²) in [6.45, 7) is -0.0371. The Bertz CT molecular complexity index is 771. The van der Waals surface area contributed by atoms with Crippen LogP contribution in [0.25, 0.3) is 6.08 Å². The number of hydrogen-bond donors (Lipinski definition) is 1. The molecule has 0 saturated carbocycles.